The third-order valence-corrected chi connectivity index (χ3v) is 7.64. The van der Waals surface area contributed by atoms with Crippen molar-refractivity contribution >= 4 is 57.7 Å². The molecule has 3 aromatic rings. The zero-order valence-corrected chi connectivity index (χ0v) is 23.7. The summed E-state index contributed by atoms with van der Waals surface area (Å²) in [4.78, 5) is 43.6. The van der Waals surface area contributed by atoms with Crippen LogP contribution < -0.4 is 15.5 Å². The molecule has 0 radical (unpaired) electrons. The Balaban J connectivity index is 1.43. The number of carbonyl (C=O) groups is 3. The van der Waals surface area contributed by atoms with E-state index in [9.17, 15) is 19.5 Å². The molecule has 2 heterocycles. The van der Waals surface area contributed by atoms with Gasteiger partial charge in [-0.1, -0.05) is 35.9 Å². The second kappa shape index (κ2) is 12.1. The Morgan fingerprint density at radius 2 is 1.76 bits per heavy atom. The molecule has 0 saturated carbocycles. The number of halogens is 1. The van der Waals surface area contributed by atoms with Crippen molar-refractivity contribution in [1.82, 2.24) is 9.80 Å². The van der Waals surface area contributed by atoms with Crippen molar-refractivity contribution in [2.45, 2.75) is 6.42 Å². The summed E-state index contributed by atoms with van der Waals surface area (Å²) in [5, 5.41) is 16.1. The SMILES string of the molecule is CN1CCN(CC(=O)N(C)c2ccc(N/C(=C3\C(=O)Nc4cc(Cl)ccc43)c3cccc(CC(=O)O)c3)cc2)CC1. The molecule has 1 fully saturated rings. The van der Waals surface area contributed by atoms with Crippen LogP contribution in [0.1, 0.15) is 16.7 Å². The lowest BCUT2D eigenvalue weighted by atomic mass is 9.98. The summed E-state index contributed by atoms with van der Waals surface area (Å²) in [6.07, 6.45) is -0.141. The number of anilines is 3. The normalized spacial score (nSPS) is 16.6. The minimum Gasteiger partial charge on any atom is -0.481 e. The highest BCUT2D eigenvalue weighted by molar-refractivity contribution is 6.38. The van der Waals surface area contributed by atoms with Crippen LogP contribution in [0.3, 0.4) is 0 Å². The van der Waals surface area contributed by atoms with Crippen molar-refractivity contribution in [3.8, 4) is 0 Å². The van der Waals surface area contributed by atoms with Gasteiger partial charge in [0.2, 0.25) is 5.91 Å². The molecule has 3 aromatic carbocycles. The van der Waals surface area contributed by atoms with E-state index in [4.69, 9.17) is 11.6 Å². The molecule has 3 N–H and O–H groups in total. The van der Waals surface area contributed by atoms with Gasteiger partial charge in [-0.2, -0.15) is 0 Å². The number of aliphatic carboxylic acids is 1. The second-order valence-corrected chi connectivity index (χ2v) is 10.8. The fraction of sp³-hybridized carbons (Fsp3) is 0.258. The maximum atomic E-state index is 13.2. The van der Waals surface area contributed by atoms with Crippen LogP contribution >= 0.6 is 11.6 Å². The van der Waals surface area contributed by atoms with E-state index in [1.165, 1.54) is 0 Å². The van der Waals surface area contributed by atoms with Gasteiger partial charge in [0.25, 0.3) is 5.91 Å². The van der Waals surface area contributed by atoms with E-state index in [2.05, 4.69) is 27.5 Å². The summed E-state index contributed by atoms with van der Waals surface area (Å²) in [6.45, 7) is 4.00. The zero-order valence-electron chi connectivity index (χ0n) is 23.0. The Morgan fingerprint density at radius 1 is 1.02 bits per heavy atom. The zero-order chi connectivity index (χ0) is 29.1. The second-order valence-electron chi connectivity index (χ2n) is 10.4. The summed E-state index contributed by atoms with van der Waals surface area (Å²) in [5.41, 5.74) is 4.99. The van der Waals surface area contributed by atoms with Crippen LogP contribution in [0.15, 0.2) is 66.7 Å². The molecule has 2 aliphatic rings. The summed E-state index contributed by atoms with van der Waals surface area (Å²) >= 11 is 6.17. The van der Waals surface area contributed by atoms with Crippen LogP contribution in [0, 0.1) is 0 Å². The van der Waals surface area contributed by atoms with E-state index >= 15 is 0 Å². The number of likely N-dealkylation sites (N-methyl/N-ethyl adjacent to an activating group) is 2. The lowest BCUT2D eigenvalue weighted by Crippen LogP contribution is -2.48. The number of nitrogens with zero attached hydrogens (tertiary/aromatic N) is 3. The first-order valence-corrected chi connectivity index (χ1v) is 13.8. The summed E-state index contributed by atoms with van der Waals surface area (Å²) < 4.78 is 0. The van der Waals surface area contributed by atoms with E-state index < -0.39 is 5.97 Å². The summed E-state index contributed by atoms with van der Waals surface area (Å²) in [7, 11) is 3.86. The number of carbonyl (C=O) groups excluding carboxylic acids is 2. The van der Waals surface area contributed by atoms with Crippen molar-refractivity contribution in [2.75, 3.05) is 62.4 Å². The van der Waals surface area contributed by atoms with Crippen LogP contribution in [0.2, 0.25) is 5.02 Å². The molecule has 9 nitrogen and oxygen atoms in total. The number of hydrogen-bond donors (Lipinski definition) is 3. The molecule has 2 aliphatic heterocycles. The van der Waals surface area contributed by atoms with Crippen molar-refractivity contribution in [3.05, 3.63) is 88.4 Å². The highest BCUT2D eigenvalue weighted by Crippen LogP contribution is 2.39. The van der Waals surface area contributed by atoms with Gasteiger partial charge < -0.3 is 25.5 Å². The molecular weight excluding hydrogens is 542 g/mol. The molecule has 0 bridgehead atoms. The maximum Gasteiger partial charge on any atom is 0.307 e. The summed E-state index contributed by atoms with van der Waals surface area (Å²) in [6, 6.07) is 19.8. The number of carboxylic acid groups (broad SMARTS) is 1. The van der Waals surface area contributed by atoms with Gasteiger partial charge in [0.15, 0.2) is 0 Å². The standard InChI is InChI=1S/C31H32ClN5O4/c1-35-12-14-37(15-13-35)19-27(38)36(2)24-9-7-23(8-10-24)33-30(21-5-3-4-20(16-21)17-28(39)40)29-25-11-6-22(32)18-26(25)34-31(29)41/h3-11,16,18,33H,12-15,17,19H2,1-2H3,(H,34,41)(H,39,40)/b30-29-. The Hall–Kier alpha value is -4.18. The van der Waals surface area contributed by atoms with Gasteiger partial charge in [-0.3, -0.25) is 19.3 Å². The predicted molar refractivity (Wildman–Crippen MR) is 162 cm³/mol. The minimum absolute atomic E-state index is 0.0196. The monoisotopic (exact) mass is 573 g/mol. The maximum absolute atomic E-state index is 13.2. The van der Waals surface area contributed by atoms with Gasteiger partial charge in [0.05, 0.1) is 29.9 Å². The molecule has 0 aromatic heterocycles. The Morgan fingerprint density at radius 3 is 2.46 bits per heavy atom. The number of piperazine rings is 1. The third-order valence-electron chi connectivity index (χ3n) is 7.40. The van der Waals surface area contributed by atoms with Crippen molar-refractivity contribution < 1.29 is 19.5 Å². The van der Waals surface area contributed by atoms with E-state index in [1.807, 2.05) is 30.3 Å². The van der Waals surface area contributed by atoms with E-state index in [0.29, 0.717) is 50.9 Å². The average molecular weight is 574 g/mol. The molecular formula is C31H32ClN5O4. The van der Waals surface area contributed by atoms with Gasteiger partial charge in [0.1, 0.15) is 0 Å². The Bertz CT molecular complexity index is 1510. The highest BCUT2D eigenvalue weighted by atomic mass is 35.5. The van der Waals surface area contributed by atoms with Gasteiger partial charge in [-0.05, 0) is 60.6 Å². The van der Waals surface area contributed by atoms with Crippen LogP contribution in [0.5, 0.6) is 0 Å². The first kappa shape index (κ1) is 28.4. The third kappa shape index (κ3) is 6.59. The van der Waals surface area contributed by atoms with Crippen LogP contribution in [0.25, 0.3) is 11.3 Å². The van der Waals surface area contributed by atoms with E-state index in [0.717, 1.165) is 31.9 Å². The van der Waals surface area contributed by atoms with Gasteiger partial charge >= 0.3 is 5.97 Å². The predicted octanol–water partition coefficient (Wildman–Crippen LogP) is 4.11. The lowest BCUT2D eigenvalue weighted by molar-refractivity contribution is -0.136. The molecule has 0 atom stereocenters. The number of hydrogen-bond acceptors (Lipinski definition) is 6. The molecule has 10 heteroatoms. The number of fused-ring (bicyclic) bond motifs is 1. The molecule has 0 aliphatic carbocycles. The number of amides is 2. The van der Waals surface area contributed by atoms with Gasteiger partial charge in [0, 0.05) is 55.2 Å². The quantitative estimate of drug-likeness (QED) is 0.348. The van der Waals surface area contributed by atoms with Crippen molar-refractivity contribution in [1.29, 1.82) is 0 Å². The summed E-state index contributed by atoms with van der Waals surface area (Å²) in [5.74, 6) is -1.21. The van der Waals surface area contributed by atoms with E-state index in [-0.39, 0.29) is 18.2 Å². The Kier molecular flexibility index (Phi) is 8.39. The largest absolute Gasteiger partial charge is 0.481 e. The van der Waals surface area contributed by atoms with Crippen LogP contribution in [0.4, 0.5) is 17.1 Å². The molecule has 1 saturated heterocycles. The molecule has 41 heavy (non-hydrogen) atoms. The first-order valence-electron chi connectivity index (χ1n) is 13.4. The number of benzene rings is 3. The number of nitrogens with one attached hydrogen (secondary N) is 2. The molecule has 5 rings (SSSR count). The first-order chi connectivity index (χ1) is 19.7. The van der Waals surface area contributed by atoms with Crippen LogP contribution in [-0.2, 0) is 20.8 Å². The topological polar surface area (TPSA) is 105 Å². The lowest BCUT2D eigenvalue weighted by Gasteiger charge is -2.32. The Labute approximate surface area is 244 Å². The average Bonchev–Trinajstić information content (AvgIpc) is 3.27. The number of carboxylic acids is 1. The van der Waals surface area contributed by atoms with Crippen molar-refractivity contribution in [2.24, 2.45) is 0 Å². The fourth-order valence-corrected chi connectivity index (χ4v) is 5.22. The van der Waals surface area contributed by atoms with Crippen molar-refractivity contribution in [3.63, 3.8) is 0 Å². The van der Waals surface area contributed by atoms with Gasteiger partial charge in [-0.15, -0.1) is 0 Å². The molecule has 0 spiro atoms. The number of rotatable bonds is 8. The van der Waals surface area contributed by atoms with E-state index in [1.54, 1.807) is 48.3 Å². The van der Waals surface area contributed by atoms with Gasteiger partial charge in [-0.25, -0.2) is 0 Å². The minimum atomic E-state index is -0.940. The van der Waals surface area contributed by atoms with Crippen LogP contribution in [-0.4, -0.2) is 79.5 Å². The molecule has 0 unspecified atom stereocenters. The highest BCUT2D eigenvalue weighted by Gasteiger charge is 2.29. The molecule has 212 valence electrons. The molecule has 2 amide bonds. The smallest absolute Gasteiger partial charge is 0.307 e. The fourth-order valence-electron chi connectivity index (χ4n) is 5.04.